The van der Waals surface area contributed by atoms with Gasteiger partial charge in [0.05, 0.1) is 16.8 Å². The summed E-state index contributed by atoms with van der Waals surface area (Å²) in [6.07, 6.45) is -10.0. The van der Waals surface area contributed by atoms with E-state index in [0.717, 1.165) is 0 Å². The van der Waals surface area contributed by atoms with Gasteiger partial charge in [0.15, 0.2) is 5.78 Å². The van der Waals surface area contributed by atoms with Crippen LogP contribution in [0.4, 0.5) is 32.0 Å². The highest BCUT2D eigenvalue weighted by Crippen LogP contribution is 2.37. The van der Waals surface area contributed by atoms with E-state index in [1.807, 2.05) is 5.43 Å². The summed E-state index contributed by atoms with van der Waals surface area (Å²) in [5.41, 5.74) is -3.49. The number of nitrogens with zero attached hydrogens (tertiary/aromatic N) is 2. The van der Waals surface area contributed by atoms with Crippen molar-refractivity contribution in [2.45, 2.75) is 33.1 Å². The van der Waals surface area contributed by atoms with Gasteiger partial charge in [0.2, 0.25) is 5.71 Å². The van der Waals surface area contributed by atoms with Crippen molar-refractivity contribution in [1.82, 2.24) is 0 Å². The van der Waals surface area contributed by atoms with Crippen molar-refractivity contribution >= 4 is 17.2 Å². The van der Waals surface area contributed by atoms with Crippen LogP contribution in [0.1, 0.15) is 31.9 Å². The van der Waals surface area contributed by atoms with Gasteiger partial charge in [-0.05, 0) is 18.2 Å². The van der Waals surface area contributed by atoms with Gasteiger partial charge in [-0.2, -0.15) is 36.7 Å². The summed E-state index contributed by atoms with van der Waals surface area (Å²) in [7, 11) is 0. The minimum absolute atomic E-state index is 0.0413. The second-order valence-corrected chi connectivity index (χ2v) is 6.06. The highest BCUT2D eigenvalue weighted by atomic mass is 19.4. The van der Waals surface area contributed by atoms with Gasteiger partial charge in [-0.15, -0.1) is 0 Å². The van der Waals surface area contributed by atoms with E-state index in [1.54, 1.807) is 0 Å². The van der Waals surface area contributed by atoms with Crippen molar-refractivity contribution in [3.05, 3.63) is 29.3 Å². The van der Waals surface area contributed by atoms with Crippen LogP contribution >= 0.6 is 0 Å². The highest BCUT2D eigenvalue weighted by Gasteiger charge is 2.37. The maximum atomic E-state index is 12.7. The molecule has 0 saturated carbocycles. The molecule has 10 heteroatoms. The summed E-state index contributed by atoms with van der Waals surface area (Å²) in [5.74, 6) is -0.717. The molecule has 1 aromatic carbocycles. The molecule has 0 spiro atoms. The summed E-state index contributed by atoms with van der Waals surface area (Å²) in [6.45, 7) is 4.44. The van der Waals surface area contributed by atoms with Crippen LogP contribution in [0, 0.1) is 16.7 Å². The van der Waals surface area contributed by atoms with Crippen molar-refractivity contribution < 1.29 is 31.1 Å². The SMILES string of the molecule is CC(C)(C)C(=O)/C(C#N)=N/Nc1cc(C(F)(F)F)cc(C(F)(F)F)c1. The first-order valence-corrected chi connectivity index (χ1v) is 6.74. The van der Waals surface area contributed by atoms with Gasteiger partial charge >= 0.3 is 12.4 Å². The predicted octanol–water partition coefficient (Wildman–Crippen LogP) is 4.63. The van der Waals surface area contributed by atoms with E-state index in [0.29, 0.717) is 12.1 Å². The van der Waals surface area contributed by atoms with Crippen LogP contribution < -0.4 is 5.43 Å². The molecule has 0 bridgehead atoms. The van der Waals surface area contributed by atoms with Gasteiger partial charge in [0, 0.05) is 5.41 Å². The lowest BCUT2D eigenvalue weighted by Crippen LogP contribution is -2.28. The molecule has 0 radical (unpaired) electrons. The van der Waals surface area contributed by atoms with Crippen molar-refractivity contribution in [1.29, 1.82) is 5.26 Å². The summed E-state index contributed by atoms with van der Waals surface area (Å²) in [4.78, 5) is 11.9. The Kier molecular flexibility index (Phi) is 5.52. The number of Topliss-reactive ketones (excluding diaryl/α,β-unsaturated/α-hetero) is 1. The van der Waals surface area contributed by atoms with E-state index in [1.165, 1.54) is 26.8 Å². The maximum absolute atomic E-state index is 12.7. The second-order valence-electron chi connectivity index (χ2n) is 6.06. The number of carbonyl (C=O) groups is 1. The Morgan fingerprint density at radius 1 is 1.00 bits per heavy atom. The van der Waals surface area contributed by atoms with E-state index in [9.17, 15) is 31.1 Å². The number of hydrogen-bond donors (Lipinski definition) is 1. The molecule has 0 saturated heterocycles. The molecule has 0 aliphatic heterocycles. The van der Waals surface area contributed by atoms with Gasteiger partial charge in [-0.3, -0.25) is 10.2 Å². The Bertz CT molecular complexity index is 703. The molecule has 0 unspecified atom stereocenters. The zero-order valence-corrected chi connectivity index (χ0v) is 13.3. The van der Waals surface area contributed by atoms with E-state index in [4.69, 9.17) is 5.26 Å². The first kappa shape index (κ1) is 20.5. The maximum Gasteiger partial charge on any atom is 0.416 e. The predicted molar refractivity (Wildman–Crippen MR) is 77.6 cm³/mol. The van der Waals surface area contributed by atoms with Crippen LogP contribution in [0.15, 0.2) is 23.3 Å². The first-order chi connectivity index (χ1) is 11.2. The highest BCUT2D eigenvalue weighted by molar-refractivity contribution is 6.47. The van der Waals surface area contributed by atoms with E-state index in [2.05, 4.69) is 5.10 Å². The summed E-state index contributed by atoms with van der Waals surface area (Å²) >= 11 is 0. The Balaban J connectivity index is 3.32. The lowest BCUT2D eigenvalue weighted by molar-refractivity contribution is -0.143. The number of benzene rings is 1. The van der Waals surface area contributed by atoms with Crippen molar-refractivity contribution in [3.8, 4) is 6.07 Å². The normalized spacial score (nSPS) is 13.4. The molecule has 1 N–H and O–H groups in total. The number of nitriles is 1. The molecule has 0 atom stereocenters. The van der Waals surface area contributed by atoms with Crippen LogP contribution in [0.3, 0.4) is 0 Å². The van der Waals surface area contributed by atoms with Gasteiger partial charge in [0.25, 0.3) is 0 Å². The third-order valence-electron chi connectivity index (χ3n) is 2.89. The summed E-state index contributed by atoms with van der Waals surface area (Å²) < 4.78 is 76.5. The Hall–Kier alpha value is -2.57. The summed E-state index contributed by atoms with van der Waals surface area (Å²) in [5, 5.41) is 12.3. The molecule has 0 aliphatic carbocycles. The largest absolute Gasteiger partial charge is 0.416 e. The Morgan fingerprint density at radius 2 is 1.44 bits per heavy atom. The smallest absolute Gasteiger partial charge is 0.291 e. The van der Waals surface area contributed by atoms with E-state index in [-0.39, 0.29) is 6.07 Å². The second kappa shape index (κ2) is 6.74. The van der Waals surface area contributed by atoms with Crippen molar-refractivity contribution in [2.24, 2.45) is 10.5 Å². The molecule has 4 nitrogen and oxygen atoms in total. The molecule has 136 valence electrons. The van der Waals surface area contributed by atoms with Crippen molar-refractivity contribution in [3.63, 3.8) is 0 Å². The van der Waals surface area contributed by atoms with Crippen molar-refractivity contribution in [2.75, 3.05) is 5.43 Å². The van der Waals surface area contributed by atoms with Crippen LogP contribution in [0.5, 0.6) is 0 Å². The molecule has 1 rings (SSSR count). The third-order valence-corrected chi connectivity index (χ3v) is 2.89. The number of rotatable bonds is 3. The number of hydrogen-bond acceptors (Lipinski definition) is 4. The Labute approximate surface area is 139 Å². The number of nitrogens with one attached hydrogen (secondary N) is 1. The molecule has 0 aromatic heterocycles. The average molecular weight is 365 g/mol. The van der Waals surface area contributed by atoms with Crippen LogP contribution in [0.2, 0.25) is 0 Å². The number of anilines is 1. The fraction of sp³-hybridized carbons (Fsp3) is 0.400. The minimum Gasteiger partial charge on any atom is -0.291 e. The summed E-state index contributed by atoms with van der Waals surface area (Å²) in [6, 6.07) is 2.22. The van der Waals surface area contributed by atoms with Gasteiger partial charge in [0.1, 0.15) is 6.07 Å². The molecule has 1 aromatic rings. The zero-order valence-electron chi connectivity index (χ0n) is 13.3. The number of carbonyl (C=O) groups excluding carboxylic acids is 1. The molecular weight excluding hydrogens is 352 g/mol. The fourth-order valence-corrected chi connectivity index (χ4v) is 1.62. The minimum atomic E-state index is -5.01. The number of hydrazone groups is 1. The topological polar surface area (TPSA) is 65.2 Å². The van der Waals surface area contributed by atoms with Crippen LogP contribution in [-0.2, 0) is 17.1 Å². The van der Waals surface area contributed by atoms with E-state index >= 15 is 0 Å². The lowest BCUT2D eigenvalue weighted by Gasteiger charge is -2.15. The molecule has 0 aliphatic rings. The number of ketones is 1. The monoisotopic (exact) mass is 365 g/mol. The van der Waals surface area contributed by atoms with Crippen LogP contribution in [0.25, 0.3) is 0 Å². The fourth-order valence-electron chi connectivity index (χ4n) is 1.62. The molecule has 0 heterocycles. The standard InChI is InChI=1S/C15H13F6N3O/c1-13(2,3)12(25)11(7-22)24-23-10-5-8(14(16,17)18)4-9(6-10)15(19,20)21/h4-6,23H,1-3H3/b24-11+. The lowest BCUT2D eigenvalue weighted by atomic mass is 9.88. The van der Waals surface area contributed by atoms with Crippen LogP contribution in [-0.4, -0.2) is 11.5 Å². The molecular formula is C15H13F6N3O. The number of alkyl halides is 6. The first-order valence-electron chi connectivity index (χ1n) is 6.74. The van der Waals surface area contributed by atoms with Gasteiger partial charge < -0.3 is 0 Å². The van der Waals surface area contributed by atoms with Gasteiger partial charge in [-0.25, -0.2) is 0 Å². The number of halogens is 6. The quantitative estimate of drug-likeness (QED) is 0.482. The van der Waals surface area contributed by atoms with E-state index < -0.39 is 46.1 Å². The average Bonchev–Trinajstić information content (AvgIpc) is 2.44. The zero-order chi connectivity index (χ0) is 19.6. The third kappa shape index (κ3) is 5.48. The molecule has 0 amide bonds. The van der Waals surface area contributed by atoms with Gasteiger partial charge in [-0.1, -0.05) is 20.8 Å². The molecule has 25 heavy (non-hydrogen) atoms. The molecule has 0 fully saturated rings. The Morgan fingerprint density at radius 3 is 1.76 bits per heavy atom.